The molecule has 2 heterocycles. The van der Waals surface area contributed by atoms with E-state index in [0.29, 0.717) is 6.04 Å². The molecule has 0 bridgehead atoms. The van der Waals surface area contributed by atoms with Crippen molar-refractivity contribution in [2.24, 2.45) is 5.92 Å². The van der Waals surface area contributed by atoms with Gasteiger partial charge in [-0.2, -0.15) is 0 Å². The van der Waals surface area contributed by atoms with Crippen LogP contribution in [0.1, 0.15) is 46.5 Å². The molecule has 0 radical (unpaired) electrons. The van der Waals surface area contributed by atoms with Crippen LogP contribution >= 0.6 is 0 Å². The summed E-state index contributed by atoms with van der Waals surface area (Å²) in [6.07, 6.45) is 5.45. The van der Waals surface area contributed by atoms with Crippen LogP contribution in [0.15, 0.2) is 0 Å². The molecule has 112 valence electrons. The van der Waals surface area contributed by atoms with Crippen molar-refractivity contribution < 1.29 is 0 Å². The maximum atomic E-state index is 3.75. The first-order valence-corrected chi connectivity index (χ1v) is 8.35. The van der Waals surface area contributed by atoms with Gasteiger partial charge in [-0.3, -0.25) is 4.90 Å². The molecule has 1 N–H and O–H groups in total. The molecule has 3 nitrogen and oxygen atoms in total. The average Bonchev–Trinajstić information content (AvgIpc) is 2.86. The van der Waals surface area contributed by atoms with Gasteiger partial charge in [-0.1, -0.05) is 6.92 Å². The van der Waals surface area contributed by atoms with Gasteiger partial charge in [-0.05, 0) is 78.2 Å². The first-order chi connectivity index (χ1) is 9.15. The third-order valence-corrected chi connectivity index (χ3v) is 4.91. The quantitative estimate of drug-likeness (QED) is 0.744. The lowest BCUT2D eigenvalue weighted by Gasteiger charge is -2.30. The molecule has 0 aromatic rings. The number of nitrogens with zero attached hydrogens (tertiary/aromatic N) is 2. The minimum absolute atomic E-state index is 0.710. The molecule has 19 heavy (non-hydrogen) atoms. The van der Waals surface area contributed by atoms with Gasteiger partial charge in [-0.25, -0.2) is 0 Å². The second-order valence-corrected chi connectivity index (χ2v) is 6.91. The molecule has 0 spiro atoms. The van der Waals surface area contributed by atoms with Crippen molar-refractivity contribution in [3.8, 4) is 0 Å². The maximum absolute atomic E-state index is 3.75. The molecule has 2 aliphatic heterocycles. The van der Waals surface area contributed by atoms with Crippen molar-refractivity contribution in [1.82, 2.24) is 15.1 Å². The predicted molar refractivity (Wildman–Crippen MR) is 82.6 cm³/mol. The highest BCUT2D eigenvalue weighted by molar-refractivity contribution is 4.82. The van der Waals surface area contributed by atoms with Crippen LogP contribution < -0.4 is 5.32 Å². The number of rotatable bonds is 6. The molecule has 0 aromatic heterocycles. The lowest BCUT2D eigenvalue weighted by molar-refractivity contribution is 0.189. The zero-order valence-electron chi connectivity index (χ0n) is 13.2. The summed E-state index contributed by atoms with van der Waals surface area (Å²) in [4.78, 5) is 5.24. The molecule has 3 heteroatoms. The van der Waals surface area contributed by atoms with Gasteiger partial charge < -0.3 is 10.2 Å². The Morgan fingerprint density at radius 2 is 1.84 bits per heavy atom. The van der Waals surface area contributed by atoms with Crippen LogP contribution in [0.5, 0.6) is 0 Å². The van der Waals surface area contributed by atoms with Crippen molar-refractivity contribution in [3.63, 3.8) is 0 Å². The third-order valence-electron chi connectivity index (χ3n) is 4.91. The first kappa shape index (κ1) is 15.3. The highest BCUT2D eigenvalue weighted by Gasteiger charge is 2.23. The molecule has 2 aliphatic rings. The lowest BCUT2D eigenvalue weighted by atomic mass is 9.99. The van der Waals surface area contributed by atoms with Gasteiger partial charge in [0.2, 0.25) is 0 Å². The largest absolute Gasteiger partial charge is 0.313 e. The zero-order valence-corrected chi connectivity index (χ0v) is 13.2. The Balaban J connectivity index is 1.51. The summed E-state index contributed by atoms with van der Waals surface area (Å²) >= 11 is 0. The fourth-order valence-electron chi connectivity index (χ4n) is 3.32. The van der Waals surface area contributed by atoms with E-state index < -0.39 is 0 Å². The second-order valence-electron chi connectivity index (χ2n) is 6.91. The Kier molecular flexibility index (Phi) is 6.11. The topological polar surface area (TPSA) is 18.5 Å². The van der Waals surface area contributed by atoms with Crippen LogP contribution in [-0.2, 0) is 0 Å². The highest BCUT2D eigenvalue weighted by Crippen LogP contribution is 2.16. The fraction of sp³-hybridized carbons (Fsp3) is 1.00. The van der Waals surface area contributed by atoms with Crippen molar-refractivity contribution in [2.75, 3.05) is 39.3 Å². The number of hydrogen-bond donors (Lipinski definition) is 1. The summed E-state index contributed by atoms with van der Waals surface area (Å²) in [7, 11) is 0. The van der Waals surface area contributed by atoms with E-state index in [4.69, 9.17) is 0 Å². The van der Waals surface area contributed by atoms with Gasteiger partial charge in [0, 0.05) is 18.6 Å². The molecule has 0 aliphatic carbocycles. The molecule has 2 saturated heterocycles. The van der Waals surface area contributed by atoms with E-state index in [2.05, 4.69) is 35.9 Å². The van der Waals surface area contributed by atoms with Crippen LogP contribution in [0.3, 0.4) is 0 Å². The zero-order chi connectivity index (χ0) is 13.7. The number of hydrogen-bond acceptors (Lipinski definition) is 3. The molecular weight excluding hydrogens is 234 g/mol. The van der Waals surface area contributed by atoms with E-state index in [-0.39, 0.29) is 0 Å². The molecule has 2 fully saturated rings. The number of nitrogens with one attached hydrogen (secondary N) is 1. The van der Waals surface area contributed by atoms with Crippen molar-refractivity contribution in [2.45, 2.75) is 58.5 Å². The monoisotopic (exact) mass is 267 g/mol. The van der Waals surface area contributed by atoms with Gasteiger partial charge in [0.15, 0.2) is 0 Å². The van der Waals surface area contributed by atoms with E-state index in [1.807, 2.05) is 0 Å². The van der Waals surface area contributed by atoms with Crippen LogP contribution in [0, 0.1) is 5.92 Å². The lowest BCUT2D eigenvalue weighted by Crippen LogP contribution is -2.38. The van der Waals surface area contributed by atoms with Crippen LogP contribution in [0.4, 0.5) is 0 Å². The summed E-state index contributed by atoms with van der Waals surface area (Å²) in [5.41, 5.74) is 0. The van der Waals surface area contributed by atoms with Crippen molar-refractivity contribution in [3.05, 3.63) is 0 Å². The predicted octanol–water partition coefficient (Wildman–Crippen LogP) is 2.18. The highest BCUT2D eigenvalue weighted by atomic mass is 15.2. The van der Waals surface area contributed by atoms with E-state index in [1.165, 1.54) is 65.0 Å². The van der Waals surface area contributed by atoms with Crippen molar-refractivity contribution in [1.29, 1.82) is 0 Å². The normalized spacial score (nSPS) is 27.5. The van der Waals surface area contributed by atoms with E-state index in [0.717, 1.165) is 12.0 Å². The molecule has 2 rings (SSSR count). The summed E-state index contributed by atoms with van der Waals surface area (Å²) in [6.45, 7) is 14.7. The van der Waals surface area contributed by atoms with Crippen molar-refractivity contribution >= 4 is 0 Å². The first-order valence-electron chi connectivity index (χ1n) is 8.35. The fourth-order valence-corrected chi connectivity index (χ4v) is 3.32. The molecule has 1 atom stereocenters. The smallest absolute Gasteiger partial charge is 0.0207 e. The van der Waals surface area contributed by atoms with Gasteiger partial charge >= 0.3 is 0 Å². The SMILES string of the molecule is CC1CCN(CCCNC2CCN(C(C)C)C2)CC1. The molecule has 0 amide bonds. The standard InChI is InChI=1S/C16H33N3/c1-14(2)19-12-7-16(13-19)17-8-4-9-18-10-5-15(3)6-11-18/h14-17H,4-13H2,1-3H3. The Morgan fingerprint density at radius 1 is 1.11 bits per heavy atom. The molecule has 0 aromatic carbocycles. The van der Waals surface area contributed by atoms with Gasteiger partial charge in [-0.15, -0.1) is 0 Å². The second kappa shape index (κ2) is 7.61. The van der Waals surface area contributed by atoms with E-state index in [9.17, 15) is 0 Å². The Labute approximate surface area is 119 Å². The van der Waals surface area contributed by atoms with Gasteiger partial charge in [0.05, 0.1) is 0 Å². The Hall–Kier alpha value is -0.120. The number of piperidine rings is 1. The van der Waals surface area contributed by atoms with Gasteiger partial charge in [0.25, 0.3) is 0 Å². The van der Waals surface area contributed by atoms with Crippen LogP contribution in [0.25, 0.3) is 0 Å². The summed E-state index contributed by atoms with van der Waals surface area (Å²) in [5, 5.41) is 3.75. The molecule has 1 unspecified atom stereocenters. The molecular formula is C16H33N3. The minimum Gasteiger partial charge on any atom is -0.313 e. The number of likely N-dealkylation sites (tertiary alicyclic amines) is 2. The molecule has 0 saturated carbocycles. The minimum atomic E-state index is 0.710. The maximum Gasteiger partial charge on any atom is 0.0207 e. The average molecular weight is 267 g/mol. The summed E-state index contributed by atoms with van der Waals surface area (Å²) in [6, 6.07) is 1.45. The van der Waals surface area contributed by atoms with E-state index in [1.54, 1.807) is 0 Å². The third kappa shape index (κ3) is 5.05. The van der Waals surface area contributed by atoms with Crippen LogP contribution in [-0.4, -0.2) is 61.2 Å². The summed E-state index contributed by atoms with van der Waals surface area (Å²) in [5.74, 6) is 0.954. The van der Waals surface area contributed by atoms with Gasteiger partial charge in [0.1, 0.15) is 0 Å². The van der Waals surface area contributed by atoms with Crippen LogP contribution in [0.2, 0.25) is 0 Å². The summed E-state index contributed by atoms with van der Waals surface area (Å²) < 4.78 is 0. The van der Waals surface area contributed by atoms with E-state index >= 15 is 0 Å². The Bertz CT molecular complexity index is 246. The Morgan fingerprint density at radius 3 is 2.47 bits per heavy atom.